The minimum absolute atomic E-state index is 0.0118. The maximum Gasteiger partial charge on any atom is 0.242 e. The maximum atomic E-state index is 13.6. The first-order valence-electron chi connectivity index (χ1n) is 12.2. The van der Waals surface area contributed by atoms with Crippen LogP contribution in [0.3, 0.4) is 0 Å². The molecule has 2 amide bonds. The Morgan fingerprint density at radius 1 is 0.853 bits per heavy atom. The van der Waals surface area contributed by atoms with E-state index in [1.165, 1.54) is 4.88 Å². The van der Waals surface area contributed by atoms with E-state index in [9.17, 15) is 9.59 Å². The summed E-state index contributed by atoms with van der Waals surface area (Å²) in [6, 6.07) is 24.2. The van der Waals surface area contributed by atoms with Gasteiger partial charge in [-0.25, -0.2) is 0 Å². The van der Waals surface area contributed by atoms with Gasteiger partial charge in [0.15, 0.2) is 0 Å². The van der Waals surface area contributed by atoms with Gasteiger partial charge in [0, 0.05) is 22.8 Å². The molecule has 0 radical (unpaired) electrons. The highest BCUT2D eigenvalue weighted by Gasteiger charge is 2.27. The average molecular weight is 477 g/mol. The fourth-order valence-electron chi connectivity index (χ4n) is 4.13. The lowest BCUT2D eigenvalue weighted by Gasteiger charge is -2.30. The van der Waals surface area contributed by atoms with E-state index in [2.05, 4.69) is 26.0 Å². The van der Waals surface area contributed by atoms with Crippen LogP contribution in [0.15, 0.2) is 72.8 Å². The molecule has 1 atom stereocenters. The molecule has 0 bridgehead atoms. The van der Waals surface area contributed by atoms with Crippen molar-refractivity contribution in [2.75, 3.05) is 13.1 Å². The van der Waals surface area contributed by atoms with Gasteiger partial charge in [-0.2, -0.15) is 0 Å². The summed E-state index contributed by atoms with van der Waals surface area (Å²) in [6.07, 6.45) is 2.57. The lowest BCUT2D eigenvalue weighted by molar-refractivity contribution is -0.142. The fraction of sp³-hybridized carbons (Fsp3) is 0.379. The molecule has 0 saturated carbocycles. The number of amides is 2. The lowest BCUT2D eigenvalue weighted by atomic mass is 9.95. The molecule has 1 unspecified atom stereocenters. The maximum absolute atomic E-state index is 13.6. The molecule has 5 heteroatoms. The van der Waals surface area contributed by atoms with Crippen LogP contribution in [0.2, 0.25) is 0 Å². The van der Waals surface area contributed by atoms with Crippen LogP contribution >= 0.6 is 11.3 Å². The second-order valence-corrected chi connectivity index (χ2v) is 10.1. The summed E-state index contributed by atoms with van der Waals surface area (Å²) < 4.78 is 0. The molecular weight excluding hydrogens is 440 g/mol. The molecule has 4 nitrogen and oxygen atoms in total. The predicted molar refractivity (Wildman–Crippen MR) is 141 cm³/mol. The third-order valence-corrected chi connectivity index (χ3v) is 7.02. The summed E-state index contributed by atoms with van der Waals surface area (Å²) in [5.41, 5.74) is 2.10. The monoisotopic (exact) mass is 476 g/mol. The predicted octanol–water partition coefficient (Wildman–Crippen LogP) is 6.41. The number of hydrogen-bond acceptors (Lipinski definition) is 3. The van der Waals surface area contributed by atoms with E-state index in [1.807, 2.05) is 72.5 Å². The van der Waals surface area contributed by atoms with E-state index >= 15 is 0 Å². The number of aryl methyl sites for hydroxylation is 1. The van der Waals surface area contributed by atoms with Crippen LogP contribution in [-0.4, -0.2) is 34.7 Å². The molecule has 0 fully saturated rings. The number of rotatable bonds is 12. The topological polar surface area (TPSA) is 40.6 Å². The molecule has 1 aromatic heterocycles. The molecule has 0 N–H and O–H groups in total. The highest BCUT2D eigenvalue weighted by Crippen LogP contribution is 2.23. The Labute approximate surface area is 208 Å². The first-order valence-corrected chi connectivity index (χ1v) is 13.0. The zero-order valence-electron chi connectivity index (χ0n) is 20.6. The number of hydrogen-bond donors (Lipinski definition) is 0. The number of carbonyl (C=O) groups is 2. The van der Waals surface area contributed by atoms with Gasteiger partial charge in [-0.05, 0) is 43.0 Å². The number of unbranched alkanes of at least 4 members (excludes halogenated alkanes) is 1. The van der Waals surface area contributed by atoms with Crippen LogP contribution < -0.4 is 0 Å². The van der Waals surface area contributed by atoms with Crippen molar-refractivity contribution in [2.24, 2.45) is 0 Å². The molecule has 180 valence electrons. The molecule has 0 aliphatic carbocycles. The van der Waals surface area contributed by atoms with E-state index in [0.29, 0.717) is 26.1 Å². The molecule has 0 spiro atoms. The number of benzene rings is 2. The first-order chi connectivity index (χ1) is 16.5. The van der Waals surface area contributed by atoms with Gasteiger partial charge in [0.25, 0.3) is 0 Å². The molecule has 0 saturated heterocycles. The first kappa shape index (κ1) is 25.7. The SMILES string of the molecule is CCCCN(CC(=O)N(Cc1ccccc1)Cc1ccc(C)s1)C(=O)C(CC)c1ccccc1. The van der Waals surface area contributed by atoms with E-state index in [-0.39, 0.29) is 24.3 Å². The fourth-order valence-corrected chi connectivity index (χ4v) is 5.04. The van der Waals surface area contributed by atoms with Crippen LogP contribution in [0.5, 0.6) is 0 Å². The molecule has 1 heterocycles. The van der Waals surface area contributed by atoms with Gasteiger partial charge >= 0.3 is 0 Å². The minimum atomic E-state index is -0.228. The van der Waals surface area contributed by atoms with Crippen LogP contribution in [0, 0.1) is 6.92 Å². The van der Waals surface area contributed by atoms with Gasteiger partial charge in [0.05, 0.1) is 19.0 Å². The van der Waals surface area contributed by atoms with Crippen molar-refractivity contribution in [3.63, 3.8) is 0 Å². The highest BCUT2D eigenvalue weighted by molar-refractivity contribution is 7.11. The van der Waals surface area contributed by atoms with Crippen molar-refractivity contribution >= 4 is 23.2 Å². The molecular formula is C29H36N2O2S. The second kappa shape index (κ2) is 13.1. The van der Waals surface area contributed by atoms with Crippen LogP contribution in [0.25, 0.3) is 0 Å². The number of carbonyl (C=O) groups excluding carboxylic acids is 2. The van der Waals surface area contributed by atoms with Crippen molar-refractivity contribution in [2.45, 2.75) is 59.0 Å². The second-order valence-electron chi connectivity index (χ2n) is 8.73. The zero-order valence-corrected chi connectivity index (χ0v) is 21.4. The van der Waals surface area contributed by atoms with Crippen LogP contribution in [-0.2, 0) is 22.7 Å². The van der Waals surface area contributed by atoms with E-state index in [0.717, 1.165) is 28.8 Å². The van der Waals surface area contributed by atoms with Gasteiger partial charge in [0.2, 0.25) is 11.8 Å². The Morgan fingerprint density at radius 3 is 2.12 bits per heavy atom. The van der Waals surface area contributed by atoms with Crippen LogP contribution in [0.1, 0.15) is 59.9 Å². The van der Waals surface area contributed by atoms with Gasteiger partial charge < -0.3 is 9.80 Å². The Kier molecular flexibility index (Phi) is 9.89. The largest absolute Gasteiger partial charge is 0.333 e. The minimum Gasteiger partial charge on any atom is -0.333 e. The summed E-state index contributed by atoms with van der Waals surface area (Å²) in [5, 5.41) is 0. The third-order valence-electron chi connectivity index (χ3n) is 6.04. The average Bonchev–Trinajstić information content (AvgIpc) is 3.27. The Bertz CT molecular complexity index is 1030. The molecule has 34 heavy (non-hydrogen) atoms. The summed E-state index contributed by atoms with van der Waals surface area (Å²) in [4.78, 5) is 33.3. The quantitative estimate of drug-likeness (QED) is 0.303. The smallest absolute Gasteiger partial charge is 0.242 e. The van der Waals surface area contributed by atoms with Gasteiger partial charge in [-0.1, -0.05) is 80.9 Å². The summed E-state index contributed by atoms with van der Waals surface area (Å²) >= 11 is 1.71. The molecule has 0 aliphatic rings. The number of nitrogens with zero attached hydrogens (tertiary/aromatic N) is 2. The van der Waals surface area contributed by atoms with Crippen molar-refractivity contribution in [1.82, 2.24) is 9.80 Å². The van der Waals surface area contributed by atoms with Crippen LogP contribution in [0.4, 0.5) is 0 Å². The Balaban J connectivity index is 1.81. The summed E-state index contributed by atoms with van der Waals surface area (Å²) in [6.45, 7) is 8.02. The highest BCUT2D eigenvalue weighted by atomic mass is 32.1. The van der Waals surface area contributed by atoms with E-state index in [1.54, 1.807) is 16.2 Å². The van der Waals surface area contributed by atoms with Crippen molar-refractivity contribution < 1.29 is 9.59 Å². The molecule has 2 aromatic carbocycles. The Morgan fingerprint density at radius 2 is 1.53 bits per heavy atom. The van der Waals surface area contributed by atoms with E-state index < -0.39 is 0 Å². The molecule has 3 rings (SSSR count). The Hall–Kier alpha value is -2.92. The molecule has 0 aliphatic heterocycles. The third kappa shape index (κ3) is 7.29. The van der Waals surface area contributed by atoms with E-state index in [4.69, 9.17) is 0 Å². The molecule has 3 aromatic rings. The normalized spacial score (nSPS) is 11.7. The standard InChI is InChI=1S/C29H36N2O2S/c1-4-6-19-30(29(33)27(5-2)25-15-11-8-12-16-25)22-28(32)31(20-24-13-9-7-10-14-24)21-26-18-17-23(3)34-26/h7-18,27H,4-6,19-22H2,1-3H3. The number of thiophene rings is 1. The zero-order chi connectivity index (χ0) is 24.3. The van der Waals surface area contributed by atoms with Gasteiger partial charge in [0.1, 0.15) is 0 Å². The lowest BCUT2D eigenvalue weighted by Crippen LogP contribution is -2.44. The van der Waals surface area contributed by atoms with Gasteiger partial charge in [-0.15, -0.1) is 11.3 Å². The summed E-state index contributed by atoms with van der Waals surface area (Å²) in [5.74, 6) is -0.197. The summed E-state index contributed by atoms with van der Waals surface area (Å²) in [7, 11) is 0. The van der Waals surface area contributed by atoms with Crippen molar-refractivity contribution in [1.29, 1.82) is 0 Å². The van der Waals surface area contributed by atoms with Gasteiger partial charge in [-0.3, -0.25) is 9.59 Å². The van der Waals surface area contributed by atoms with Crippen molar-refractivity contribution in [3.8, 4) is 0 Å². The van der Waals surface area contributed by atoms with Crippen molar-refractivity contribution in [3.05, 3.63) is 93.7 Å².